The summed E-state index contributed by atoms with van der Waals surface area (Å²) in [6.07, 6.45) is 11.0. The van der Waals surface area contributed by atoms with E-state index in [2.05, 4.69) is 15.7 Å². The number of nitrogens with one attached hydrogen (secondary N) is 2. The van der Waals surface area contributed by atoms with Gasteiger partial charge in [-0.15, -0.1) is 0 Å². The number of carbonyl (C=O) groups excluding carboxylic acids is 2. The fourth-order valence-corrected chi connectivity index (χ4v) is 3.79. The van der Waals surface area contributed by atoms with Gasteiger partial charge in [-0.1, -0.05) is 19.3 Å². The minimum absolute atomic E-state index is 0.0224. The first-order chi connectivity index (χ1) is 12.1. The molecule has 2 amide bonds. The lowest BCUT2D eigenvalue weighted by atomic mass is 9.95. The van der Waals surface area contributed by atoms with E-state index in [0.29, 0.717) is 11.6 Å². The van der Waals surface area contributed by atoms with Crippen LogP contribution in [0.25, 0.3) is 0 Å². The van der Waals surface area contributed by atoms with Crippen LogP contribution in [0.15, 0.2) is 12.4 Å². The summed E-state index contributed by atoms with van der Waals surface area (Å²) in [4.78, 5) is 26.6. The van der Waals surface area contributed by atoms with E-state index in [1.165, 1.54) is 19.3 Å². The molecular formula is C18H29N5O2. The van der Waals surface area contributed by atoms with Crippen LogP contribution < -0.4 is 10.6 Å². The van der Waals surface area contributed by atoms with Crippen LogP contribution in [0, 0.1) is 0 Å². The molecule has 2 heterocycles. The summed E-state index contributed by atoms with van der Waals surface area (Å²) in [5.41, 5.74) is 0.548. The molecule has 0 atom stereocenters. The van der Waals surface area contributed by atoms with Gasteiger partial charge in [0, 0.05) is 25.3 Å². The topological polar surface area (TPSA) is 79.3 Å². The summed E-state index contributed by atoms with van der Waals surface area (Å²) in [6, 6.07) is 0.565. The first-order valence-electron chi connectivity index (χ1n) is 9.43. The van der Waals surface area contributed by atoms with Gasteiger partial charge in [0.2, 0.25) is 5.91 Å². The summed E-state index contributed by atoms with van der Waals surface area (Å²) in [7, 11) is 1.85. The standard InChI is InChI=1S/C18H29N5O2/c1-22(16-7-9-19-10-8-16)18(25)14-11-20-23(12-14)13-17(24)21-15-5-3-2-4-6-15/h11-12,15-16,19H,2-10,13H2,1H3,(H,21,24). The minimum atomic E-state index is -0.0271. The Morgan fingerprint density at radius 2 is 1.96 bits per heavy atom. The molecule has 7 nitrogen and oxygen atoms in total. The molecule has 1 saturated carbocycles. The molecule has 7 heteroatoms. The van der Waals surface area contributed by atoms with Crippen molar-refractivity contribution >= 4 is 11.8 Å². The van der Waals surface area contributed by atoms with Gasteiger partial charge in [-0.3, -0.25) is 14.3 Å². The lowest BCUT2D eigenvalue weighted by Crippen LogP contribution is -2.43. The normalized spacial score (nSPS) is 19.6. The SMILES string of the molecule is CN(C(=O)c1cnn(CC(=O)NC2CCCCC2)c1)C1CCNCC1. The maximum absolute atomic E-state index is 12.6. The van der Waals surface area contributed by atoms with Crippen LogP contribution in [-0.4, -0.2) is 58.7 Å². The van der Waals surface area contributed by atoms with Crippen molar-refractivity contribution in [1.29, 1.82) is 0 Å². The van der Waals surface area contributed by atoms with Gasteiger partial charge in [0.1, 0.15) is 6.54 Å². The zero-order valence-electron chi connectivity index (χ0n) is 15.0. The van der Waals surface area contributed by atoms with E-state index in [1.807, 2.05) is 11.9 Å². The van der Waals surface area contributed by atoms with Crippen molar-refractivity contribution in [2.45, 2.75) is 63.6 Å². The Hall–Kier alpha value is -1.89. The number of piperidine rings is 1. The molecule has 0 aromatic carbocycles. The Balaban J connectivity index is 1.52. The third kappa shape index (κ3) is 4.81. The quantitative estimate of drug-likeness (QED) is 0.838. The van der Waals surface area contributed by atoms with Gasteiger partial charge in [0.05, 0.1) is 11.8 Å². The minimum Gasteiger partial charge on any atom is -0.352 e. The zero-order valence-corrected chi connectivity index (χ0v) is 15.0. The highest BCUT2D eigenvalue weighted by atomic mass is 16.2. The molecule has 2 aliphatic rings. The number of aromatic nitrogens is 2. The highest BCUT2D eigenvalue weighted by molar-refractivity contribution is 5.93. The molecule has 2 N–H and O–H groups in total. The molecule has 0 unspecified atom stereocenters. The van der Waals surface area contributed by atoms with Crippen molar-refractivity contribution in [1.82, 2.24) is 25.3 Å². The van der Waals surface area contributed by atoms with Crippen molar-refractivity contribution in [3.63, 3.8) is 0 Å². The average Bonchev–Trinajstić information content (AvgIpc) is 3.10. The molecule has 1 aromatic heterocycles. The van der Waals surface area contributed by atoms with E-state index in [-0.39, 0.29) is 24.4 Å². The molecule has 0 bridgehead atoms. The van der Waals surface area contributed by atoms with Crippen molar-refractivity contribution in [2.75, 3.05) is 20.1 Å². The molecule has 0 radical (unpaired) electrons. The van der Waals surface area contributed by atoms with Crippen LogP contribution in [0.1, 0.15) is 55.3 Å². The Bertz CT molecular complexity index is 588. The molecule has 138 valence electrons. The van der Waals surface area contributed by atoms with E-state index in [9.17, 15) is 9.59 Å². The van der Waals surface area contributed by atoms with Crippen molar-refractivity contribution in [2.24, 2.45) is 0 Å². The highest BCUT2D eigenvalue weighted by Gasteiger charge is 2.24. The van der Waals surface area contributed by atoms with Gasteiger partial charge in [-0.05, 0) is 38.8 Å². The van der Waals surface area contributed by atoms with E-state index in [4.69, 9.17) is 0 Å². The number of hydrogen-bond donors (Lipinski definition) is 2. The van der Waals surface area contributed by atoms with Gasteiger partial charge >= 0.3 is 0 Å². The van der Waals surface area contributed by atoms with Crippen LogP contribution in [0.3, 0.4) is 0 Å². The van der Waals surface area contributed by atoms with Gasteiger partial charge < -0.3 is 15.5 Å². The maximum atomic E-state index is 12.6. The highest BCUT2D eigenvalue weighted by Crippen LogP contribution is 2.17. The smallest absolute Gasteiger partial charge is 0.257 e. The lowest BCUT2D eigenvalue weighted by molar-refractivity contribution is -0.122. The monoisotopic (exact) mass is 347 g/mol. The summed E-state index contributed by atoms with van der Waals surface area (Å²) in [6.45, 7) is 2.06. The Morgan fingerprint density at radius 1 is 1.24 bits per heavy atom. The average molecular weight is 347 g/mol. The Morgan fingerprint density at radius 3 is 2.68 bits per heavy atom. The largest absolute Gasteiger partial charge is 0.352 e. The number of hydrogen-bond acceptors (Lipinski definition) is 4. The summed E-state index contributed by atoms with van der Waals surface area (Å²) < 4.78 is 1.56. The summed E-state index contributed by atoms with van der Waals surface area (Å²) >= 11 is 0. The van der Waals surface area contributed by atoms with Crippen LogP contribution in [-0.2, 0) is 11.3 Å². The van der Waals surface area contributed by atoms with Crippen LogP contribution in [0.2, 0.25) is 0 Å². The van der Waals surface area contributed by atoms with Crippen LogP contribution >= 0.6 is 0 Å². The fourth-order valence-electron chi connectivity index (χ4n) is 3.79. The molecule has 3 rings (SSSR count). The maximum Gasteiger partial charge on any atom is 0.257 e. The number of carbonyl (C=O) groups is 2. The van der Waals surface area contributed by atoms with Crippen molar-refractivity contribution < 1.29 is 9.59 Å². The zero-order chi connectivity index (χ0) is 17.6. The Kier molecular flexibility index (Phi) is 6.07. The number of amides is 2. The number of rotatable bonds is 5. The van der Waals surface area contributed by atoms with Crippen LogP contribution in [0.4, 0.5) is 0 Å². The molecule has 1 saturated heterocycles. The van der Waals surface area contributed by atoms with E-state index in [0.717, 1.165) is 38.8 Å². The van der Waals surface area contributed by atoms with E-state index >= 15 is 0 Å². The van der Waals surface area contributed by atoms with Crippen LogP contribution in [0.5, 0.6) is 0 Å². The Labute approximate surface area is 149 Å². The third-order valence-corrected chi connectivity index (χ3v) is 5.33. The van der Waals surface area contributed by atoms with Gasteiger partial charge in [0.25, 0.3) is 5.91 Å². The summed E-state index contributed by atoms with van der Waals surface area (Å²) in [5, 5.41) is 10.6. The van der Waals surface area contributed by atoms with Crippen molar-refractivity contribution in [3.05, 3.63) is 18.0 Å². The molecule has 1 aliphatic heterocycles. The summed E-state index contributed by atoms with van der Waals surface area (Å²) in [5.74, 6) is -0.0495. The lowest BCUT2D eigenvalue weighted by Gasteiger charge is -2.31. The predicted octanol–water partition coefficient (Wildman–Crippen LogP) is 1.16. The van der Waals surface area contributed by atoms with E-state index in [1.54, 1.807) is 17.1 Å². The molecule has 1 aromatic rings. The first kappa shape index (κ1) is 17.9. The molecule has 1 aliphatic carbocycles. The number of nitrogens with zero attached hydrogens (tertiary/aromatic N) is 3. The fraction of sp³-hybridized carbons (Fsp3) is 0.722. The molecule has 2 fully saturated rings. The third-order valence-electron chi connectivity index (χ3n) is 5.33. The predicted molar refractivity (Wildman–Crippen MR) is 95.2 cm³/mol. The molecule has 25 heavy (non-hydrogen) atoms. The van der Waals surface area contributed by atoms with Gasteiger partial charge in [-0.25, -0.2) is 0 Å². The van der Waals surface area contributed by atoms with E-state index < -0.39 is 0 Å². The first-order valence-corrected chi connectivity index (χ1v) is 9.43. The van der Waals surface area contributed by atoms with Crippen molar-refractivity contribution in [3.8, 4) is 0 Å². The molecule has 0 spiro atoms. The van der Waals surface area contributed by atoms with Gasteiger partial charge in [0.15, 0.2) is 0 Å². The molecular weight excluding hydrogens is 318 g/mol. The second-order valence-electron chi connectivity index (χ2n) is 7.23. The second-order valence-corrected chi connectivity index (χ2v) is 7.23. The second kappa shape index (κ2) is 8.47. The van der Waals surface area contributed by atoms with Gasteiger partial charge in [-0.2, -0.15) is 5.10 Å².